The molecule has 0 saturated carbocycles. The molecule has 0 spiro atoms. The quantitative estimate of drug-likeness (QED) is 0.433. The molecule has 0 bridgehead atoms. The Bertz CT molecular complexity index is 1250. The summed E-state index contributed by atoms with van der Waals surface area (Å²) in [6.07, 6.45) is 9.73. The summed E-state index contributed by atoms with van der Waals surface area (Å²) in [7, 11) is 1.70. The van der Waals surface area contributed by atoms with Crippen molar-refractivity contribution >= 4 is 28.6 Å². The SMILES string of the molecule is COc1ccc2[nH]cc(C3CCN(C(=O)c4cccc(-n5ccnc5SC)c4)CC3)c2c1. The zero-order valence-electron chi connectivity index (χ0n) is 18.2. The Balaban J connectivity index is 1.31. The predicted molar refractivity (Wildman–Crippen MR) is 128 cm³/mol. The number of carbonyl (C=O) groups excluding carboxylic acids is 1. The number of carbonyl (C=O) groups is 1. The summed E-state index contributed by atoms with van der Waals surface area (Å²) >= 11 is 1.59. The molecule has 0 atom stereocenters. The highest BCUT2D eigenvalue weighted by molar-refractivity contribution is 7.98. The summed E-state index contributed by atoms with van der Waals surface area (Å²) in [5, 5.41) is 2.12. The molecular formula is C25H26N4O2S. The van der Waals surface area contributed by atoms with Gasteiger partial charge in [-0.05, 0) is 67.0 Å². The molecule has 32 heavy (non-hydrogen) atoms. The highest BCUT2D eigenvalue weighted by atomic mass is 32.2. The minimum absolute atomic E-state index is 0.0942. The monoisotopic (exact) mass is 446 g/mol. The molecule has 3 heterocycles. The van der Waals surface area contributed by atoms with Crippen molar-refractivity contribution in [2.24, 2.45) is 0 Å². The molecule has 5 rings (SSSR count). The van der Waals surface area contributed by atoms with Crippen molar-refractivity contribution in [3.63, 3.8) is 0 Å². The van der Waals surface area contributed by atoms with Crippen LogP contribution in [0.25, 0.3) is 16.6 Å². The molecular weight excluding hydrogens is 420 g/mol. The fourth-order valence-electron chi connectivity index (χ4n) is 4.59. The van der Waals surface area contributed by atoms with Gasteiger partial charge in [0.25, 0.3) is 5.91 Å². The van der Waals surface area contributed by atoms with Gasteiger partial charge in [-0.2, -0.15) is 0 Å². The van der Waals surface area contributed by atoms with Crippen LogP contribution in [0.1, 0.15) is 34.7 Å². The Morgan fingerprint density at radius 3 is 2.81 bits per heavy atom. The number of H-pyrrole nitrogens is 1. The minimum atomic E-state index is 0.0942. The first-order valence-electron chi connectivity index (χ1n) is 10.8. The number of aromatic amines is 1. The molecule has 6 nitrogen and oxygen atoms in total. The van der Waals surface area contributed by atoms with E-state index in [0.717, 1.165) is 53.6 Å². The third kappa shape index (κ3) is 3.77. The Kier molecular flexibility index (Phi) is 5.66. The van der Waals surface area contributed by atoms with E-state index in [1.165, 1.54) is 10.9 Å². The maximum absolute atomic E-state index is 13.2. The van der Waals surface area contributed by atoms with Gasteiger partial charge in [-0.15, -0.1) is 0 Å². The van der Waals surface area contributed by atoms with Crippen LogP contribution in [0.5, 0.6) is 5.75 Å². The van der Waals surface area contributed by atoms with Gasteiger partial charge in [0.1, 0.15) is 5.75 Å². The number of likely N-dealkylation sites (tertiary alicyclic amines) is 1. The summed E-state index contributed by atoms with van der Waals surface area (Å²) < 4.78 is 7.42. The lowest BCUT2D eigenvalue weighted by molar-refractivity contribution is 0.0713. The van der Waals surface area contributed by atoms with Gasteiger partial charge in [-0.25, -0.2) is 4.98 Å². The fourth-order valence-corrected chi connectivity index (χ4v) is 5.12. The van der Waals surface area contributed by atoms with Crippen LogP contribution in [0.3, 0.4) is 0 Å². The third-order valence-corrected chi connectivity index (χ3v) is 6.97. The first-order chi connectivity index (χ1) is 15.7. The van der Waals surface area contributed by atoms with Crippen LogP contribution in [0.15, 0.2) is 66.2 Å². The normalized spacial score (nSPS) is 14.8. The average Bonchev–Trinajstić information content (AvgIpc) is 3.50. The van der Waals surface area contributed by atoms with E-state index in [9.17, 15) is 4.79 Å². The first kappa shape index (κ1) is 20.7. The molecule has 7 heteroatoms. The maximum atomic E-state index is 13.2. The van der Waals surface area contributed by atoms with E-state index in [0.29, 0.717) is 5.92 Å². The van der Waals surface area contributed by atoms with Crippen LogP contribution in [0, 0.1) is 0 Å². The zero-order chi connectivity index (χ0) is 22.1. The number of benzene rings is 2. The Labute approximate surface area is 191 Å². The number of rotatable bonds is 5. The van der Waals surface area contributed by atoms with Gasteiger partial charge >= 0.3 is 0 Å². The second-order valence-electron chi connectivity index (χ2n) is 8.06. The number of ether oxygens (including phenoxy) is 1. The number of piperidine rings is 1. The van der Waals surface area contributed by atoms with E-state index in [4.69, 9.17) is 4.74 Å². The predicted octanol–water partition coefficient (Wildman–Crippen LogP) is 5.10. The molecule has 164 valence electrons. The standard InChI is InChI=1S/C25H26N4O2S/c1-31-20-6-7-23-21(15-20)22(16-27-23)17-8-11-28(12-9-17)24(30)18-4-3-5-19(14-18)29-13-10-26-25(29)32-2/h3-7,10,13-17,27H,8-9,11-12H2,1-2H3. The number of imidazole rings is 1. The number of nitrogens with zero attached hydrogens (tertiary/aromatic N) is 3. The summed E-state index contributed by atoms with van der Waals surface area (Å²) in [6, 6.07) is 14.0. The van der Waals surface area contributed by atoms with Crippen molar-refractivity contribution in [3.05, 3.63) is 72.2 Å². The zero-order valence-corrected chi connectivity index (χ0v) is 19.1. The van der Waals surface area contributed by atoms with E-state index in [1.54, 1.807) is 25.1 Å². The molecule has 1 aliphatic rings. The number of nitrogens with one attached hydrogen (secondary N) is 1. The minimum Gasteiger partial charge on any atom is -0.497 e. The second-order valence-corrected chi connectivity index (χ2v) is 8.83. The van der Waals surface area contributed by atoms with Crippen LogP contribution in [0.2, 0.25) is 0 Å². The molecule has 1 fully saturated rings. The molecule has 1 saturated heterocycles. The van der Waals surface area contributed by atoms with Gasteiger partial charge in [-0.3, -0.25) is 9.36 Å². The van der Waals surface area contributed by atoms with E-state index >= 15 is 0 Å². The molecule has 4 aromatic rings. The number of thioether (sulfide) groups is 1. The molecule has 2 aromatic carbocycles. The number of aromatic nitrogens is 3. The summed E-state index contributed by atoms with van der Waals surface area (Å²) in [5.74, 6) is 1.39. The van der Waals surface area contributed by atoms with Crippen LogP contribution < -0.4 is 4.74 Å². The van der Waals surface area contributed by atoms with Gasteiger partial charge < -0.3 is 14.6 Å². The lowest BCUT2D eigenvalue weighted by Gasteiger charge is -2.32. The molecule has 0 unspecified atom stereocenters. The second kappa shape index (κ2) is 8.74. The average molecular weight is 447 g/mol. The molecule has 0 aliphatic carbocycles. The van der Waals surface area contributed by atoms with E-state index in [-0.39, 0.29) is 5.91 Å². The highest BCUT2D eigenvalue weighted by Gasteiger charge is 2.26. The fraction of sp³-hybridized carbons (Fsp3) is 0.280. The third-order valence-electron chi connectivity index (χ3n) is 6.30. The van der Waals surface area contributed by atoms with Crippen molar-refractivity contribution in [2.45, 2.75) is 23.9 Å². The number of fused-ring (bicyclic) bond motifs is 1. The van der Waals surface area contributed by atoms with Crippen molar-refractivity contribution in [1.82, 2.24) is 19.4 Å². The topological polar surface area (TPSA) is 63.1 Å². The molecule has 1 N–H and O–H groups in total. The van der Waals surface area contributed by atoms with Crippen molar-refractivity contribution in [3.8, 4) is 11.4 Å². The molecule has 2 aromatic heterocycles. The van der Waals surface area contributed by atoms with Crippen molar-refractivity contribution in [1.29, 1.82) is 0 Å². The highest BCUT2D eigenvalue weighted by Crippen LogP contribution is 2.35. The number of methoxy groups -OCH3 is 1. The van der Waals surface area contributed by atoms with E-state index in [2.05, 4.69) is 28.3 Å². The number of hydrogen-bond acceptors (Lipinski definition) is 4. The number of hydrogen-bond donors (Lipinski definition) is 1. The largest absolute Gasteiger partial charge is 0.497 e. The smallest absolute Gasteiger partial charge is 0.253 e. The summed E-state index contributed by atoms with van der Waals surface area (Å²) in [4.78, 5) is 23.0. The first-order valence-corrected chi connectivity index (χ1v) is 12.0. The van der Waals surface area contributed by atoms with Crippen LogP contribution >= 0.6 is 11.8 Å². The Morgan fingerprint density at radius 2 is 2.03 bits per heavy atom. The molecule has 1 aliphatic heterocycles. The number of amides is 1. The van der Waals surface area contributed by atoms with Crippen LogP contribution in [-0.4, -0.2) is 51.8 Å². The molecule has 1 amide bonds. The van der Waals surface area contributed by atoms with Crippen molar-refractivity contribution < 1.29 is 9.53 Å². The van der Waals surface area contributed by atoms with Gasteiger partial charge in [0.15, 0.2) is 5.16 Å². The van der Waals surface area contributed by atoms with Crippen LogP contribution in [0.4, 0.5) is 0 Å². The van der Waals surface area contributed by atoms with Gasteiger partial charge in [-0.1, -0.05) is 17.8 Å². The summed E-state index contributed by atoms with van der Waals surface area (Å²) in [5.41, 5.74) is 4.12. The van der Waals surface area contributed by atoms with Crippen LogP contribution in [-0.2, 0) is 0 Å². The Morgan fingerprint density at radius 1 is 1.19 bits per heavy atom. The Hall–Kier alpha value is -3.19. The summed E-state index contributed by atoms with van der Waals surface area (Å²) in [6.45, 7) is 1.51. The van der Waals surface area contributed by atoms with E-state index < -0.39 is 0 Å². The van der Waals surface area contributed by atoms with Gasteiger partial charge in [0.2, 0.25) is 0 Å². The van der Waals surface area contributed by atoms with Crippen molar-refractivity contribution in [2.75, 3.05) is 26.5 Å². The lowest BCUT2D eigenvalue weighted by Crippen LogP contribution is -2.37. The van der Waals surface area contributed by atoms with Gasteiger partial charge in [0.05, 0.1) is 7.11 Å². The molecule has 0 radical (unpaired) electrons. The van der Waals surface area contributed by atoms with E-state index in [1.807, 2.05) is 52.3 Å². The lowest BCUT2D eigenvalue weighted by atomic mass is 9.89. The van der Waals surface area contributed by atoms with Gasteiger partial charge in [0, 0.05) is 53.8 Å². The maximum Gasteiger partial charge on any atom is 0.253 e.